The molecule has 31 heavy (non-hydrogen) atoms. The third-order valence-corrected chi connectivity index (χ3v) is 5.49. The average Bonchev–Trinajstić information content (AvgIpc) is 3.28. The number of aromatic nitrogens is 5. The molecule has 3 aromatic rings. The molecule has 0 spiro atoms. The summed E-state index contributed by atoms with van der Waals surface area (Å²) in [4.78, 5) is 20.5. The maximum atomic E-state index is 12.9. The Balaban J connectivity index is 1.36. The first kappa shape index (κ1) is 20.8. The van der Waals surface area contributed by atoms with E-state index in [9.17, 15) is 4.79 Å². The summed E-state index contributed by atoms with van der Waals surface area (Å²) in [6, 6.07) is 9.31. The van der Waals surface area contributed by atoms with Gasteiger partial charge >= 0.3 is 0 Å². The highest BCUT2D eigenvalue weighted by Gasteiger charge is 2.25. The number of piperidine rings is 1. The molecule has 0 N–H and O–H groups in total. The van der Waals surface area contributed by atoms with Crippen molar-refractivity contribution >= 4 is 5.91 Å². The van der Waals surface area contributed by atoms with Crippen LogP contribution in [0.25, 0.3) is 11.4 Å². The predicted molar refractivity (Wildman–Crippen MR) is 114 cm³/mol. The van der Waals surface area contributed by atoms with Gasteiger partial charge in [-0.1, -0.05) is 6.07 Å². The van der Waals surface area contributed by atoms with E-state index >= 15 is 0 Å². The first-order chi connectivity index (χ1) is 15.2. The number of likely N-dealkylation sites (tertiary alicyclic amines) is 1. The minimum absolute atomic E-state index is 0.112. The Hall–Kier alpha value is -3.49. The Kier molecular flexibility index (Phi) is 6.40. The van der Waals surface area contributed by atoms with Gasteiger partial charge in [0.1, 0.15) is 0 Å². The zero-order chi connectivity index (χ0) is 21.6. The number of rotatable bonds is 7. The van der Waals surface area contributed by atoms with E-state index in [1.807, 2.05) is 35.2 Å². The number of pyridine rings is 1. The quantitative estimate of drug-likeness (QED) is 0.576. The van der Waals surface area contributed by atoms with Crippen LogP contribution in [0.2, 0.25) is 0 Å². The summed E-state index contributed by atoms with van der Waals surface area (Å²) >= 11 is 0. The lowest BCUT2D eigenvalue weighted by Crippen LogP contribution is -2.42. The van der Waals surface area contributed by atoms with Crippen molar-refractivity contribution in [3.05, 3.63) is 48.3 Å². The zero-order valence-corrected chi connectivity index (χ0v) is 17.8. The maximum absolute atomic E-state index is 12.9. The van der Waals surface area contributed by atoms with Gasteiger partial charge in [-0.2, -0.15) is 4.80 Å². The zero-order valence-electron chi connectivity index (χ0n) is 17.8. The van der Waals surface area contributed by atoms with E-state index in [1.54, 1.807) is 31.4 Å². The molecule has 0 saturated carbocycles. The second-order valence-corrected chi connectivity index (χ2v) is 7.62. The van der Waals surface area contributed by atoms with Gasteiger partial charge in [0.25, 0.3) is 0 Å². The van der Waals surface area contributed by atoms with Gasteiger partial charge in [-0.05, 0) is 53.8 Å². The molecule has 0 unspecified atom stereocenters. The van der Waals surface area contributed by atoms with E-state index in [0.29, 0.717) is 42.8 Å². The molecule has 1 fully saturated rings. The highest BCUT2D eigenvalue weighted by molar-refractivity contribution is 5.79. The summed E-state index contributed by atoms with van der Waals surface area (Å²) in [6.45, 7) is 2.10. The third kappa shape index (κ3) is 4.99. The molecule has 9 heteroatoms. The molecule has 1 amide bonds. The topological polar surface area (TPSA) is 95.3 Å². The van der Waals surface area contributed by atoms with E-state index in [0.717, 1.165) is 30.5 Å². The molecule has 0 bridgehead atoms. The fourth-order valence-corrected chi connectivity index (χ4v) is 3.89. The van der Waals surface area contributed by atoms with Gasteiger partial charge in [-0.15, -0.1) is 10.2 Å². The summed E-state index contributed by atoms with van der Waals surface area (Å²) < 4.78 is 10.6. The van der Waals surface area contributed by atoms with Gasteiger partial charge in [0, 0.05) is 31.0 Å². The SMILES string of the molecule is COc1ccc(CC(=O)N2CCC[C@H](Cn3nnc(-c4ccncc4)n3)C2)cc1OC. The van der Waals surface area contributed by atoms with Crippen LogP contribution < -0.4 is 9.47 Å². The number of amides is 1. The van der Waals surface area contributed by atoms with Gasteiger partial charge < -0.3 is 14.4 Å². The Morgan fingerprint density at radius 2 is 1.94 bits per heavy atom. The Morgan fingerprint density at radius 3 is 2.71 bits per heavy atom. The van der Waals surface area contributed by atoms with Gasteiger partial charge in [0.05, 0.1) is 27.2 Å². The van der Waals surface area contributed by atoms with Crippen LogP contribution in [-0.2, 0) is 17.8 Å². The van der Waals surface area contributed by atoms with E-state index in [4.69, 9.17) is 9.47 Å². The molecule has 162 valence electrons. The van der Waals surface area contributed by atoms with Crippen LogP contribution in [0.5, 0.6) is 11.5 Å². The summed E-state index contributed by atoms with van der Waals surface area (Å²) in [5, 5.41) is 12.8. The van der Waals surface area contributed by atoms with E-state index < -0.39 is 0 Å². The molecule has 4 rings (SSSR count). The molecular formula is C22H26N6O3. The lowest BCUT2D eigenvalue weighted by atomic mass is 9.97. The molecule has 1 aromatic carbocycles. The number of ether oxygens (including phenoxy) is 2. The second-order valence-electron chi connectivity index (χ2n) is 7.62. The van der Waals surface area contributed by atoms with Crippen LogP contribution in [0.15, 0.2) is 42.7 Å². The van der Waals surface area contributed by atoms with Crippen LogP contribution in [0, 0.1) is 5.92 Å². The first-order valence-corrected chi connectivity index (χ1v) is 10.3. The fraction of sp³-hybridized carbons (Fsp3) is 0.409. The molecule has 9 nitrogen and oxygen atoms in total. The van der Waals surface area contributed by atoms with Gasteiger partial charge in [-0.3, -0.25) is 9.78 Å². The maximum Gasteiger partial charge on any atom is 0.227 e. The van der Waals surface area contributed by atoms with Crippen LogP contribution in [0.4, 0.5) is 0 Å². The van der Waals surface area contributed by atoms with Crippen molar-refractivity contribution in [2.75, 3.05) is 27.3 Å². The number of hydrogen-bond donors (Lipinski definition) is 0. The molecule has 0 radical (unpaired) electrons. The van der Waals surface area contributed by atoms with Crippen molar-refractivity contribution in [3.63, 3.8) is 0 Å². The van der Waals surface area contributed by atoms with Gasteiger partial charge in [0.2, 0.25) is 11.7 Å². The van der Waals surface area contributed by atoms with Crippen LogP contribution in [0.1, 0.15) is 18.4 Å². The molecule has 1 saturated heterocycles. The van der Waals surface area contributed by atoms with Gasteiger partial charge in [0.15, 0.2) is 11.5 Å². The highest BCUT2D eigenvalue weighted by atomic mass is 16.5. The molecule has 3 heterocycles. The summed E-state index contributed by atoms with van der Waals surface area (Å²) in [7, 11) is 3.19. The van der Waals surface area contributed by atoms with Crippen LogP contribution in [0.3, 0.4) is 0 Å². The largest absolute Gasteiger partial charge is 0.493 e. The first-order valence-electron chi connectivity index (χ1n) is 10.3. The molecule has 1 atom stereocenters. The number of methoxy groups -OCH3 is 2. The van der Waals surface area contributed by atoms with E-state index in [1.165, 1.54) is 0 Å². The Morgan fingerprint density at radius 1 is 1.13 bits per heavy atom. The van der Waals surface area contributed by atoms with Crippen LogP contribution in [-0.4, -0.2) is 63.3 Å². The normalized spacial score (nSPS) is 16.2. The van der Waals surface area contributed by atoms with Crippen molar-refractivity contribution in [1.82, 2.24) is 30.1 Å². The highest BCUT2D eigenvalue weighted by Crippen LogP contribution is 2.28. The van der Waals surface area contributed by atoms with Crippen molar-refractivity contribution in [2.24, 2.45) is 5.92 Å². The van der Waals surface area contributed by atoms with Crippen LogP contribution >= 0.6 is 0 Å². The fourth-order valence-electron chi connectivity index (χ4n) is 3.89. The smallest absolute Gasteiger partial charge is 0.227 e. The molecular weight excluding hydrogens is 396 g/mol. The molecule has 1 aliphatic rings. The minimum atomic E-state index is 0.112. The van der Waals surface area contributed by atoms with E-state index in [-0.39, 0.29) is 5.91 Å². The molecule has 2 aromatic heterocycles. The number of hydrogen-bond acceptors (Lipinski definition) is 7. The predicted octanol–water partition coefficient (Wildman–Crippen LogP) is 2.23. The lowest BCUT2D eigenvalue weighted by molar-refractivity contribution is -0.132. The Bertz CT molecular complexity index is 1020. The van der Waals surface area contributed by atoms with Crippen molar-refractivity contribution in [3.8, 4) is 22.9 Å². The number of carbonyl (C=O) groups excluding carboxylic acids is 1. The minimum Gasteiger partial charge on any atom is -0.493 e. The monoisotopic (exact) mass is 422 g/mol. The molecule has 0 aliphatic carbocycles. The number of carbonyl (C=O) groups is 1. The van der Waals surface area contributed by atoms with E-state index in [2.05, 4.69) is 20.4 Å². The standard InChI is InChI=1S/C22H26N6O3/c1-30-19-6-5-16(12-20(19)31-2)13-21(29)27-11-3-4-17(14-27)15-28-25-22(24-26-28)18-7-9-23-10-8-18/h5-10,12,17H,3-4,11,13-15H2,1-2H3/t17-/m0/s1. The third-order valence-electron chi connectivity index (χ3n) is 5.49. The number of nitrogens with zero attached hydrogens (tertiary/aromatic N) is 6. The lowest BCUT2D eigenvalue weighted by Gasteiger charge is -2.32. The number of benzene rings is 1. The summed E-state index contributed by atoms with van der Waals surface area (Å²) in [5.41, 5.74) is 1.79. The van der Waals surface area contributed by atoms with Gasteiger partial charge in [-0.25, -0.2) is 0 Å². The molecule has 1 aliphatic heterocycles. The van der Waals surface area contributed by atoms with Crippen molar-refractivity contribution < 1.29 is 14.3 Å². The summed E-state index contributed by atoms with van der Waals surface area (Å²) in [5.74, 6) is 2.28. The average molecular weight is 422 g/mol. The van der Waals surface area contributed by atoms with Crippen molar-refractivity contribution in [1.29, 1.82) is 0 Å². The number of tetrazole rings is 1. The van der Waals surface area contributed by atoms with Crippen molar-refractivity contribution in [2.45, 2.75) is 25.8 Å². The Labute approximate surface area is 181 Å². The summed E-state index contributed by atoms with van der Waals surface area (Å²) in [6.07, 6.45) is 5.75. The second kappa shape index (κ2) is 9.55.